The zero-order valence-electron chi connectivity index (χ0n) is 15.6. The van der Waals surface area contributed by atoms with E-state index in [-0.39, 0.29) is 24.8 Å². The van der Waals surface area contributed by atoms with Crippen molar-refractivity contribution in [3.05, 3.63) is 34.9 Å². The van der Waals surface area contributed by atoms with Crippen LogP contribution in [-0.2, 0) is 27.5 Å². The minimum atomic E-state index is -1.10. The average molecular weight is 401 g/mol. The minimum Gasteiger partial charge on any atom is -0.445 e. The Hall–Kier alpha value is -2.97. The molecule has 1 aromatic carbocycles. The molecule has 2 aliphatic heterocycles. The first kappa shape index (κ1) is 18.1. The molecule has 4 fully saturated rings. The molecule has 6 rings (SSSR count). The van der Waals surface area contributed by atoms with Crippen molar-refractivity contribution in [3.63, 3.8) is 0 Å². The standard InChI is InChI=1S/C20H20FN3O5/c21-19-8-20(9-19,10-19)23-18(28)29-7-11-1-2-12-6-24(17(27)13(12)5-11)14-3-4-15(25)22-16(14)26/h1-2,5,14H,3-4,6-10H2,(H,23,28)(H,22,25,26). The molecule has 3 saturated carbocycles. The van der Waals surface area contributed by atoms with Gasteiger partial charge in [-0.05, 0) is 23.6 Å². The van der Waals surface area contributed by atoms with Gasteiger partial charge in [0.2, 0.25) is 11.8 Å². The highest BCUT2D eigenvalue weighted by Crippen LogP contribution is 2.62. The lowest BCUT2D eigenvalue weighted by Gasteiger charge is -2.65. The molecule has 0 radical (unpaired) electrons. The number of carbonyl (C=O) groups excluding carboxylic acids is 4. The molecule has 2 N–H and O–H groups in total. The van der Waals surface area contributed by atoms with Crippen molar-refractivity contribution in [1.82, 2.24) is 15.5 Å². The molecule has 9 heteroatoms. The van der Waals surface area contributed by atoms with Gasteiger partial charge in [0.15, 0.2) is 0 Å². The van der Waals surface area contributed by atoms with Gasteiger partial charge in [-0.2, -0.15) is 0 Å². The van der Waals surface area contributed by atoms with Crippen LogP contribution in [0.25, 0.3) is 0 Å². The molecule has 8 nitrogen and oxygen atoms in total. The highest BCUT2D eigenvalue weighted by atomic mass is 19.1. The van der Waals surface area contributed by atoms with Crippen LogP contribution in [0.4, 0.5) is 9.18 Å². The largest absolute Gasteiger partial charge is 0.445 e. The van der Waals surface area contributed by atoms with E-state index in [1.54, 1.807) is 18.2 Å². The maximum atomic E-state index is 13.5. The number of hydrogen-bond acceptors (Lipinski definition) is 5. The van der Waals surface area contributed by atoms with Gasteiger partial charge in [-0.3, -0.25) is 19.7 Å². The maximum Gasteiger partial charge on any atom is 0.407 e. The molecule has 29 heavy (non-hydrogen) atoms. The predicted molar refractivity (Wildman–Crippen MR) is 96.2 cm³/mol. The smallest absolute Gasteiger partial charge is 0.407 e. The van der Waals surface area contributed by atoms with Crippen molar-refractivity contribution in [2.24, 2.45) is 0 Å². The summed E-state index contributed by atoms with van der Waals surface area (Å²) in [5, 5.41) is 5.00. The summed E-state index contributed by atoms with van der Waals surface area (Å²) in [5.74, 6) is -1.05. The summed E-state index contributed by atoms with van der Waals surface area (Å²) in [4.78, 5) is 49.6. The van der Waals surface area contributed by atoms with E-state index < -0.39 is 29.2 Å². The van der Waals surface area contributed by atoms with Crippen molar-refractivity contribution >= 4 is 23.8 Å². The van der Waals surface area contributed by atoms with Crippen LogP contribution < -0.4 is 10.6 Å². The van der Waals surface area contributed by atoms with Crippen molar-refractivity contribution in [3.8, 4) is 0 Å². The Morgan fingerprint density at radius 3 is 2.72 bits per heavy atom. The number of alkyl carbamates (subject to hydrolysis) is 1. The third-order valence-corrected chi connectivity index (χ3v) is 6.30. The fraction of sp³-hybridized carbons (Fsp3) is 0.500. The summed E-state index contributed by atoms with van der Waals surface area (Å²) in [6, 6.07) is 4.55. The van der Waals surface area contributed by atoms with Gasteiger partial charge in [-0.1, -0.05) is 12.1 Å². The van der Waals surface area contributed by atoms with Crippen LogP contribution in [0.15, 0.2) is 18.2 Å². The van der Waals surface area contributed by atoms with E-state index in [0.717, 1.165) is 5.56 Å². The van der Waals surface area contributed by atoms with E-state index in [1.807, 2.05) is 0 Å². The van der Waals surface area contributed by atoms with Crippen molar-refractivity contribution in [1.29, 1.82) is 0 Å². The third-order valence-electron chi connectivity index (χ3n) is 6.30. The van der Waals surface area contributed by atoms with Crippen LogP contribution in [0, 0.1) is 0 Å². The molecule has 1 atom stereocenters. The zero-order chi connectivity index (χ0) is 20.4. The van der Waals surface area contributed by atoms with Crippen LogP contribution >= 0.6 is 0 Å². The molecule has 0 spiro atoms. The predicted octanol–water partition coefficient (Wildman–Crippen LogP) is 1.32. The molecule has 4 amide bonds. The highest BCUT2D eigenvalue weighted by Gasteiger charge is 2.70. The zero-order valence-corrected chi connectivity index (χ0v) is 15.6. The molecular weight excluding hydrogens is 381 g/mol. The van der Waals surface area contributed by atoms with Crippen molar-refractivity contribution in [2.45, 2.75) is 62.5 Å². The number of nitrogens with zero attached hydrogens (tertiary/aromatic N) is 1. The van der Waals surface area contributed by atoms with Crippen LogP contribution in [0.3, 0.4) is 0 Å². The van der Waals surface area contributed by atoms with Crippen LogP contribution in [0.5, 0.6) is 0 Å². The number of benzene rings is 1. The van der Waals surface area contributed by atoms with Gasteiger partial charge in [-0.25, -0.2) is 9.18 Å². The Kier molecular flexibility index (Phi) is 3.75. The van der Waals surface area contributed by atoms with Crippen molar-refractivity contribution < 1.29 is 28.3 Å². The third kappa shape index (κ3) is 2.95. The van der Waals surface area contributed by atoms with E-state index in [2.05, 4.69) is 10.6 Å². The van der Waals surface area contributed by atoms with Gasteiger partial charge < -0.3 is 15.0 Å². The number of piperidine rings is 1. The summed E-state index contributed by atoms with van der Waals surface area (Å²) < 4.78 is 18.7. The minimum absolute atomic E-state index is 0.0122. The van der Waals surface area contributed by atoms with Gasteiger partial charge in [0.25, 0.3) is 5.91 Å². The monoisotopic (exact) mass is 401 g/mol. The number of carbonyl (C=O) groups is 4. The molecule has 3 aliphatic carbocycles. The molecule has 2 bridgehead atoms. The Labute approximate surface area is 165 Å². The van der Waals surface area contributed by atoms with Crippen LogP contribution in [0.1, 0.15) is 53.6 Å². The second-order valence-corrected chi connectivity index (χ2v) is 8.55. The van der Waals surface area contributed by atoms with E-state index in [9.17, 15) is 23.6 Å². The number of hydrogen-bond donors (Lipinski definition) is 2. The molecule has 152 valence electrons. The maximum absolute atomic E-state index is 13.5. The van der Waals surface area contributed by atoms with E-state index in [1.165, 1.54) is 4.90 Å². The van der Waals surface area contributed by atoms with Crippen LogP contribution in [-0.4, -0.2) is 46.0 Å². The Morgan fingerprint density at radius 1 is 1.28 bits per heavy atom. The van der Waals surface area contributed by atoms with Gasteiger partial charge in [0.1, 0.15) is 18.3 Å². The molecule has 1 unspecified atom stereocenters. The molecular formula is C20H20FN3O5. The number of nitrogens with one attached hydrogen (secondary N) is 2. The summed E-state index contributed by atoms with van der Waals surface area (Å²) in [6.45, 7) is 0.289. The summed E-state index contributed by atoms with van der Waals surface area (Å²) >= 11 is 0. The molecule has 1 aromatic rings. The fourth-order valence-electron chi connectivity index (χ4n) is 4.89. The van der Waals surface area contributed by atoms with Gasteiger partial charge in [0, 0.05) is 37.8 Å². The average Bonchev–Trinajstić information content (AvgIpc) is 2.94. The Bertz CT molecular complexity index is 942. The topological polar surface area (TPSA) is 105 Å². The number of alkyl halides is 1. The number of imide groups is 1. The summed E-state index contributed by atoms with van der Waals surface area (Å²) in [7, 11) is 0. The lowest BCUT2D eigenvalue weighted by Crippen LogP contribution is -2.76. The number of halogens is 1. The Morgan fingerprint density at radius 2 is 2.03 bits per heavy atom. The second-order valence-electron chi connectivity index (χ2n) is 8.55. The van der Waals surface area contributed by atoms with Crippen molar-refractivity contribution in [2.75, 3.05) is 0 Å². The molecule has 2 heterocycles. The normalized spacial score (nSPS) is 32.1. The molecule has 1 saturated heterocycles. The van der Waals surface area contributed by atoms with E-state index >= 15 is 0 Å². The van der Waals surface area contributed by atoms with Gasteiger partial charge >= 0.3 is 6.09 Å². The number of amides is 4. The lowest BCUT2D eigenvalue weighted by atomic mass is 9.47. The number of ether oxygens (including phenoxy) is 1. The van der Waals surface area contributed by atoms with Crippen LogP contribution in [0.2, 0.25) is 0 Å². The SMILES string of the molecule is O=C1CCC(N2Cc3ccc(COC(=O)NC45CC(F)(C4)C5)cc3C2=O)C(=O)N1. The first-order valence-corrected chi connectivity index (χ1v) is 9.66. The molecule has 0 aromatic heterocycles. The van der Waals surface area contributed by atoms with Gasteiger partial charge in [-0.15, -0.1) is 0 Å². The second kappa shape index (κ2) is 6.01. The summed E-state index contributed by atoms with van der Waals surface area (Å²) in [5.41, 5.74) is 0.367. The first-order chi connectivity index (χ1) is 13.8. The van der Waals surface area contributed by atoms with E-state index in [0.29, 0.717) is 43.4 Å². The number of rotatable bonds is 4. The molecule has 5 aliphatic rings. The highest BCUT2D eigenvalue weighted by molar-refractivity contribution is 6.05. The number of fused-ring (bicyclic) bond motifs is 1. The Balaban J connectivity index is 1.21. The fourth-order valence-corrected chi connectivity index (χ4v) is 4.89. The van der Waals surface area contributed by atoms with Gasteiger partial charge in [0.05, 0.1) is 5.54 Å². The quantitative estimate of drug-likeness (QED) is 0.741. The lowest BCUT2D eigenvalue weighted by molar-refractivity contribution is -0.164. The van der Waals surface area contributed by atoms with E-state index in [4.69, 9.17) is 4.74 Å². The summed E-state index contributed by atoms with van der Waals surface area (Å²) in [6.07, 6.45) is 0.956. The first-order valence-electron chi connectivity index (χ1n) is 9.66.